The van der Waals surface area contributed by atoms with E-state index >= 15 is 0 Å². The minimum atomic E-state index is 0.793. The molecule has 106 valence electrons. The lowest BCUT2D eigenvalue weighted by atomic mass is 9.89. The first-order valence-corrected chi connectivity index (χ1v) is 7.77. The molecule has 1 aliphatic carbocycles. The van der Waals surface area contributed by atoms with Crippen molar-refractivity contribution < 1.29 is 4.74 Å². The van der Waals surface area contributed by atoms with Crippen molar-refractivity contribution in [2.75, 3.05) is 18.5 Å². The Bertz CT molecular complexity index is 383. The molecule has 0 amide bonds. The van der Waals surface area contributed by atoms with E-state index in [-0.39, 0.29) is 0 Å². The van der Waals surface area contributed by atoms with Crippen LogP contribution in [-0.2, 0) is 0 Å². The quantitative estimate of drug-likeness (QED) is 0.796. The van der Waals surface area contributed by atoms with E-state index in [1.54, 1.807) is 0 Å². The van der Waals surface area contributed by atoms with Gasteiger partial charge in [-0.15, -0.1) is 0 Å². The Labute approximate surface area is 117 Å². The Morgan fingerprint density at radius 3 is 2.74 bits per heavy atom. The van der Waals surface area contributed by atoms with Gasteiger partial charge in [-0.3, -0.25) is 0 Å². The minimum Gasteiger partial charge on any atom is -0.491 e. The molecule has 0 radical (unpaired) electrons. The topological polar surface area (TPSA) is 21.3 Å². The lowest BCUT2D eigenvalue weighted by Crippen LogP contribution is -2.17. The SMILES string of the molecule is CCCOc1ccc(C)cc1NCC1CCCCC1. The molecule has 0 aromatic heterocycles. The highest BCUT2D eigenvalue weighted by Gasteiger charge is 2.14. The van der Waals surface area contributed by atoms with E-state index < -0.39 is 0 Å². The molecule has 0 unspecified atom stereocenters. The smallest absolute Gasteiger partial charge is 0.142 e. The molecular weight excluding hydrogens is 234 g/mol. The van der Waals surface area contributed by atoms with Crippen molar-refractivity contribution in [2.24, 2.45) is 5.92 Å². The van der Waals surface area contributed by atoms with Crippen LogP contribution >= 0.6 is 0 Å². The first kappa shape index (κ1) is 14.2. The summed E-state index contributed by atoms with van der Waals surface area (Å²) in [5.74, 6) is 1.84. The molecule has 2 nitrogen and oxygen atoms in total. The highest BCUT2D eigenvalue weighted by Crippen LogP contribution is 2.28. The molecule has 1 fully saturated rings. The number of hydrogen-bond donors (Lipinski definition) is 1. The van der Waals surface area contributed by atoms with Gasteiger partial charge in [-0.25, -0.2) is 0 Å². The largest absolute Gasteiger partial charge is 0.491 e. The maximum Gasteiger partial charge on any atom is 0.142 e. The minimum absolute atomic E-state index is 0.793. The average Bonchev–Trinajstić information content (AvgIpc) is 2.45. The van der Waals surface area contributed by atoms with Gasteiger partial charge in [-0.05, 0) is 49.8 Å². The molecule has 0 atom stereocenters. The maximum atomic E-state index is 5.82. The summed E-state index contributed by atoms with van der Waals surface area (Å²) < 4.78 is 5.82. The van der Waals surface area contributed by atoms with Gasteiger partial charge in [0.15, 0.2) is 0 Å². The summed E-state index contributed by atoms with van der Waals surface area (Å²) in [7, 11) is 0. The molecule has 1 N–H and O–H groups in total. The van der Waals surface area contributed by atoms with Crippen LogP contribution in [0.2, 0.25) is 0 Å². The van der Waals surface area contributed by atoms with Gasteiger partial charge < -0.3 is 10.1 Å². The number of ether oxygens (including phenoxy) is 1. The Kier molecular flexibility index (Phi) is 5.56. The third kappa shape index (κ3) is 4.45. The van der Waals surface area contributed by atoms with Crippen LogP contribution in [0, 0.1) is 12.8 Å². The fourth-order valence-corrected chi connectivity index (χ4v) is 2.77. The van der Waals surface area contributed by atoms with Crippen LogP contribution in [0.1, 0.15) is 51.0 Å². The van der Waals surface area contributed by atoms with Gasteiger partial charge in [0, 0.05) is 6.54 Å². The number of nitrogens with one attached hydrogen (secondary N) is 1. The molecule has 2 heteroatoms. The van der Waals surface area contributed by atoms with E-state index in [1.165, 1.54) is 43.4 Å². The molecular formula is C17H27NO. The molecule has 19 heavy (non-hydrogen) atoms. The predicted octanol–water partition coefficient (Wildman–Crippen LogP) is 4.78. The fourth-order valence-electron chi connectivity index (χ4n) is 2.77. The number of hydrogen-bond acceptors (Lipinski definition) is 2. The molecule has 0 aliphatic heterocycles. The van der Waals surface area contributed by atoms with E-state index in [0.29, 0.717) is 0 Å². The van der Waals surface area contributed by atoms with Gasteiger partial charge in [0.05, 0.1) is 12.3 Å². The number of benzene rings is 1. The van der Waals surface area contributed by atoms with Crippen molar-refractivity contribution in [3.8, 4) is 5.75 Å². The molecule has 1 aromatic rings. The molecule has 1 aromatic carbocycles. The van der Waals surface area contributed by atoms with Crippen molar-refractivity contribution >= 4 is 5.69 Å². The lowest BCUT2D eigenvalue weighted by molar-refractivity contribution is 0.318. The van der Waals surface area contributed by atoms with E-state index in [4.69, 9.17) is 4.74 Å². The summed E-state index contributed by atoms with van der Waals surface area (Å²) in [4.78, 5) is 0. The van der Waals surface area contributed by atoms with Crippen molar-refractivity contribution in [2.45, 2.75) is 52.4 Å². The highest BCUT2D eigenvalue weighted by atomic mass is 16.5. The Balaban J connectivity index is 1.94. The number of rotatable bonds is 6. The summed E-state index contributed by atoms with van der Waals surface area (Å²) in [6.45, 7) is 6.16. The normalized spacial score (nSPS) is 16.3. The third-order valence-electron chi connectivity index (χ3n) is 3.90. The van der Waals surface area contributed by atoms with Crippen LogP contribution in [-0.4, -0.2) is 13.2 Å². The van der Waals surface area contributed by atoms with Gasteiger partial charge in [0.25, 0.3) is 0 Å². The van der Waals surface area contributed by atoms with Crippen LogP contribution in [0.15, 0.2) is 18.2 Å². The molecule has 0 heterocycles. The summed E-state index contributed by atoms with van der Waals surface area (Å²) in [6.07, 6.45) is 8.04. The van der Waals surface area contributed by atoms with Crippen LogP contribution in [0.4, 0.5) is 5.69 Å². The van der Waals surface area contributed by atoms with E-state index in [1.807, 2.05) is 0 Å². The summed E-state index contributed by atoms with van der Waals surface area (Å²) >= 11 is 0. The molecule has 2 rings (SSSR count). The van der Waals surface area contributed by atoms with E-state index in [2.05, 4.69) is 37.4 Å². The van der Waals surface area contributed by atoms with E-state index in [9.17, 15) is 0 Å². The standard InChI is InChI=1S/C17H27NO/c1-3-11-19-17-10-9-14(2)12-16(17)18-13-15-7-5-4-6-8-15/h9-10,12,15,18H,3-8,11,13H2,1-2H3. The zero-order chi connectivity index (χ0) is 13.5. The molecule has 0 spiro atoms. The first-order valence-electron chi connectivity index (χ1n) is 7.77. The van der Waals surface area contributed by atoms with Gasteiger partial charge in [-0.1, -0.05) is 32.3 Å². The van der Waals surface area contributed by atoms with Crippen molar-refractivity contribution in [1.82, 2.24) is 0 Å². The second kappa shape index (κ2) is 7.42. The van der Waals surface area contributed by atoms with E-state index in [0.717, 1.165) is 31.2 Å². The fraction of sp³-hybridized carbons (Fsp3) is 0.647. The van der Waals surface area contributed by atoms with Crippen LogP contribution < -0.4 is 10.1 Å². The zero-order valence-corrected chi connectivity index (χ0v) is 12.4. The maximum absolute atomic E-state index is 5.82. The van der Waals surface area contributed by atoms with Gasteiger partial charge >= 0.3 is 0 Å². The van der Waals surface area contributed by atoms with Crippen LogP contribution in [0.3, 0.4) is 0 Å². The summed E-state index contributed by atoms with van der Waals surface area (Å²) in [5, 5.41) is 3.61. The van der Waals surface area contributed by atoms with Crippen molar-refractivity contribution in [3.63, 3.8) is 0 Å². The Hall–Kier alpha value is -1.18. The number of aryl methyl sites for hydroxylation is 1. The highest BCUT2D eigenvalue weighted by molar-refractivity contribution is 5.58. The second-order valence-corrected chi connectivity index (χ2v) is 5.73. The molecule has 1 aliphatic rings. The number of anilines is 1. The first-order chi connectivity index (χ1) is 9.29. The van der Waals surface area contributed by atoms with Crippen molar-refractivity contribution in [1.29, 1.82) is 0 Å². The zero-order valence-electron chi connectivity index (χ0n) is 12.4. The Morgan fingerprint density at radius 1 is 1.21 bits per heavy atom. The Morgan fingerprint density at radius 2 is 2.00 bits per heavy atom. The monoisotopic (exact) mass is 261 g/mol. The lowest BCUT2D eigenvalue weighted by Gasteiger charge is -2.23. The van der Waals surface area contributed by atoms with Gasteiger partial charge in [0.1, 0.15) is 5.75 Å². The summed E-state index contributed by atoms with van der Waals surface area (Å²) in [6, 6.07) is 6.42. The second-order valence-electron chi connectivity index (χ2n) is 5.73. The van der Waals surface area contributed by atoms with Gasteiger partial charge in [-0.2, -0.15) is 0 Å². The van der Waals surface area contributed by atoms with Crippen LogP contribution in [0.5, 0.6) is 5.75 Å². The molecule has 0 bridgehead atoms. The average molecular weight is 261 g/mol. The van der Waals surface area contributed by atoms with Crippen LogP contribution in [0.25, 0.3) is 0 Å². The summed E-state index contributed by atoms with van der Waals surface area (Å²) in [5.41, 5.74) is 2.45. The van der Waals surface area contributed by atoms with Gasteiger partial charge in [0.2, 0.25) is 0 Å². The van der Waals surface area contributed by atoms with Crippen molar-refractivity contribution in [3.05, 3.63) is 23.8 Å². The predicted molar refractivity (Wildman–Crippen MR) is 82.0 cm³/mol. The molecule has 0 saturated heterocycles. The third-order valence-corrected chi connectivity index (χ3v) is 3.90. The molecule has 1 saturated carbocycles.